The first-order chi connectivity index (χ1) is 20.5. The van der Waals surface area contributed by atoms with Crippen molar-refractivity contribution in [3.05, 3.63) is 40.8 Å². The number of thiol groups is 2. The minimum atomic E-state index is -4.07. The number of rotatable bonds is 2. The average molecular weight is 674 g/mol. The molecule has 0 radical (unpaired) electrons. The molecule has 8 atom stereocenters. The summed E-state index contributed by atoms with van der Waals surface area (Å²) in [6.45, 7) is -8.59. The molecular formula is C21H25N9O9P2S2. The Bertz CT molecular complexity index is 1870. The lowest BCUT2D eigenvalue weighted by molar-refractivity contribution is -0.0513. The summed E-state index contributed by atoms with van der Waals surface area (Å²) in [7, 11) is 0. The molecule has 7 heterocycles. The molecule has 3 saturated heterocycles. The van der Waals surface area contributed by atoms with Crippen molar-refractivity contribution in [2.24, 2.45) is 0 Å². The van der Waals surface area contributed by atoms with E-state index >= 15 is 0 Å². The highest BCUT2D eigenvalue weighted by Gasteiger charge is 2.47. The van der Waals surface area contributed by atoms with E-state index in [0.717, 1.165) is 0 Å². The Morgan fingerprint density at radius 2 is 1.74 bits per heavy atom. The maximum Gasteiger partial charge on any atom is 0.386 e. The molecule has 43 heavy (non-hydrogen) atoms. The Balaban J connectivity index is 1.17. The van der Waals surface area contributed by atoms with Crippen LogP contribution in [0.15, 0.2) is 29.6 Å². The highest BCUT2D eigenvalue weighted by atomic mass is 32.7. The van der Waals surface area contributed by atoms with Crippen LogP contribution in [0.3, 0.4) is 0 Å². The second kappa shape index (κ2) is 10.8. The summed E-state index contributed by atoms with van der Waals surface area (Å²) in [6.07, 6.45) is -0.341. The molecule has 0 saturated carbocycles. The predicted octanol–water partition coefficient (Wildman–Crippen LogP) is 2.04. The second-order valence-corrected chi connectivity index (χ2v) is 15.8. The highest BCUT2D eigenvalue weighted by molar-refractivity contribution is 8.44. The molecule has 3 fully saturated rings. The van der Waals surface area contributed by atoms with Gasteiger partial charge >= 0.3 is 13.6 Å². The van der Waals surface area contributed by atoms with Gasteiger partial charge in [0.05, 0.1) is 55.5 Å². The van der Waals surface area contributed by atoms with Crippen LogP contribution in [0, 0.1) is 0 Å². The van der Waals surface area contributed by atoms with Crippen molar-refractivity contribution in [1.29, 1.82) is 0 Å². The molecular weight excluding hydrogens is 648 g/mol. The quantitative estimate of drug-likeness (QED) is 0.151. The average Bonchev–Trinajstić information content (AvgIpc) is 3.71. The second-order valence-electron chi connectivity index (χ2n) is 10.1. The van der Waals surface area contributed by atoms with Crippen molar-refractivity contribution >= 4 is 66.5 Å². The van der Waals surface area contributed by atoms with E-state index in [4.69, 9.17) is 39.0 Å². The zero-order valence-corrected chi connectivity index (χ0v) is 25.5. The SMILES string of the molecule is Nc1nc2c(ncn2[C@@H]2O[C@@H]3CO[P@@](=O)(S)O[C@H]4C[C@H](c5cnc6c(N)ccnn56)O[C@@H]4CO[P@@](=O)(S)O[C@@H]2C3)c(=O)[nH]1. The molecule has 0 spiro atoms. The van der Waals surface area contributed by atoms with Gasteiger partial charge in [0.25, 0.3) is 5.56 Å². The standard InChI is InChI=1S/C21H25N9O9P2S2/c22-10-1-2-26-30-11(5-24-17(10)30)12-4-13-15(37-12)7-35-41(33,43)39-14-3-9(6-34-40(32,42)38-13)36-20(14)29-8-25-16-18(29)27-21(23)28-19(16)31/h1-2,5,8-9,12-15,20H,3-4,6-7,22H2,(H,32,42)(H,33,43)(H3,23,27,28,31)/t9-,12+,13-,14+,15+,20+,40+,41+/m0/s1. The predicted molar refractivity (Wildman–Crippen MR) is 156 cm³/mol. The van der Waals surface area contributed by atoms with Gasteiger partial charge in [-0.05, 0) is 6.07 Å². The summed E-state index contributed by atoms with van der Waals surface area (Å²) in [5.41, 5.74) is 12.7. The maximum absolute atomic E-state index is 13.5. The van der Waals surface area contributed by atoms with E-state index in [-0.39, 0.29) is 43.2 Å². The van der Waals surface area contributed by atoms with Crippen LogP contribution < -0.4 is 17.0 Å². The Hall–Kier alpha value is -2.51. The van der Waals surface area contributed by atoms with Crippen molar-refractivity contribution < 1.29 is 36.7 Å². The number of H-pyrrole nitrogens is 1. The fraction of sp³-hybridized carbons (Fsp3) is 0.476. The number of nitrogens with two attached hydrogens (primary N) is 2. The topological polar surface area (TPSA) is 235 Å². The van der Waals surface area contributed by atoms with Gasteiger partial charge in [-0.2, -0.15) is 10.1 Å². The van der Waals surface area contributed by atoms with E-state index in [1.807, 2.05) is 0 Å². The molecule has 0 amide bonds. The van der Waals surface area contributed by atoms with E-state index in [1.165, 1.54) is 21.6 Å². The molecule has 22 heteroatoms. The van der Waals surface area contributed by atoms with Gasteiger partial charge in [0.15, 0.2) is 23.0 Å². The van der Waals surface area contributed by atoms with E-state index < -0.39 is 55.9 Å². The van der Waals surface area contributed by atoms with Gasteiger partial charge < -0.3 is 20.9 Å². The van der Waals surface area contributed by atoms with Crippen LogP contribution in [0.25, 0.3) is 16.8 Å². The number of imidazole rings is 2. The molecule has 5 N–H and O–H groups in total. The van der Waals surface area contributed by atoms with Crippen LogP contribution in [-0.4, -0.2) is 71.7 Å². The third-order valence-corrected chi connectivity index (χ3v) is 10.5. The monoisotopic (exact) mass is 673 g/mol. The fourth-order valence-corrected chi connectivity index (χ4v) is 8.39. The number of hydrogen-bond acceptors (Lipinski definition) is 15. The first-order valence-corrected chi connectivity index (χ1v) is 18.3. The first kappa shape index (κ1) is 29.2. The molecule has 2 bridgehead atoms. The summed E-state index contributed by atoms with van der Waals surface area (Å²) >= 11 is 8.37. The smallest absolute Gasteiger partial charge is 0.386 e. The van der Waals surface area contributed by atoms with Gasteiger partial charge in [-0.3, -0.25) is 32.4 Å². The normalized spacial score (nSPS) is 35.4. The molecule has 230 valence electrons. The van der Waals surface area contributed by atoms with Crippen molar-refractivity contribution in [1.82, 2.24) is 34.1 Å². The van der Waals surface area contributed by atoms with Crippen LogP contribution in [-0.2, 0) is 36.7 Å². The Morgan fingerprint density at radius 3 is 2.56 bits per heavy atom. The van der Waals surface area contributed by atoms with E-state index in [0.29, 0.717) is 17.0 Å². The number of aromatic nitrogens is 7. The van der Waals surface area contributed by atoms with Crippen LogP contribution in [0.4, 0.5) is 11.6 Å². The van der Waals surface area contributed by atoms with Gasteiger partial charge in [-0.25, -0.2) is 23.6 Å². The first-order valence-electron chi connectivity index (χ1n) is 12.9. The lowest BCUT2D eigenvalue weighted by atomic mass is 10.1. The Labute approximate surface area is 252 Å². The summed E-state index contributed by atoms with van der Waals surface area (Å²) in [5, 5.41) is 4.30. The Kier molecular flexibility index (Phi) is 7.36. The van der Waals surface area contributed by atoms with Gasteiger partial charge in [0, 0.05) is 12.8 Å². The van der Waals surface area contributed by atoms with Gasteiger partial charge in [0.2, 0.25) is 5.95 Å². The zero-order chi connectivity index (χ0) is 30.1. The number of nitrogen functional groups attached to an aromatic ring is 2. The molecule has 3 aliphatic heterocycles. The van der Waals surface area contributed by atoms with Gasteiger partial charge in [-0.1, -0.05) is 24.5 Å². The molecule has 4 aromatic rings. The molecule has 0 aromatic carbocycles. The maximum atomic E-state index is 13.5. The minimum Gasteiger partial charge on any atom is -0.396 e. The third-order valence-electron chi connectivity index (χ3n) is 7.22. The van der Waals surface area contributed by atoms with Crippen molar-refractivity contribution in [3.63, 3.8) is 0 Å². The number of aromatic amines is 1. The van der Waals surface area contributed by atoms with E-state index in [1.54, 1.807) is 12.3 Å². The third kappa shape index (κ3) is 5.61. The fourth-order valence-electron chi connectivity index (χ4n) is 5.36. The minimum absolute atomic E-state index is 0.00653. The molecule has 0 aliphatic carbocycles. The molecule has 3 aliphatic rings. The van der Waals surface area contributed by atoms with Crippen molar-refractivity contribution in [2.45, 2.75) is 49.6 Å². The Morgan fingerprint density at radius 1 is 0.977 bits per heavy atom. The highest BCUT2D eigenvalue weighted by Crippen LogP contribution is 2.60. The molecule has 18 nitrogen and oxygen atoms in total. The van der Waals surface area contributed by atoms with Crippen molar-refractivity contribution in [2.75, 3.05) is 24.7 Å². The number of fused-ring (bicyclic) bond motifs is 5. The summed E-state index contributed by atoms with van der Waals surface area (Å²) in [6, 6.07) is 1.62. The summed E-state index contributed by atoms with van der Waals surface area (Å²) < 4.78 is 65.0. The van der Waals surface area contributed by atoms with E-state index in [2.05, 4.69) is 49.5 Å². The van der Waals surface area contributed by atoms with Crippen LogP contribution in [0.5, 0.6) is 0 Å². The van der Waals surface area contributed by atoms with Gasteiger partial charge in [-0.15, -0.1) is 0 Å². The lowest BCUT2D eigenvalue weighted by Gasteiger charge is -2.26. The molecule has 4 aromatic heterocycles. The molecule has 0 unspecified atom stereocenters. The van der Waals surface area contributed by atoms with Gasteiger partial charge in [0.1, 0.15) is 18.3 Å². The molecule has 7 rings (SSSR count). The summed E-state index contributed by atoms with van der Waals surface area (Å²) in [5.74, 6) is -0.138. The summed E-state index contributed by atoms with van der Waals surface area (Å²) in [4.78, 5) is 27.2. The number of anilines is 2. The van der Waals surface area contributed by atoms with Crippen molar-refractivity contribution in [3.8, 4) is 0 Å². The largest absolute Gasteiger partial charge is 0.396 e. The number of ether oxygens (including phenoxy) is 2. The number of nitrogens with zero attached hydrogens (tertiary/aromatic N) is 6. The zero-order valence-electron chi connectivity index (χ0n) is 21.9. The van der Waals surface area contributed by atoms with Crippen LogP contribution >= 0.6 is 38.1 Å². The number of hydrogen-bond donors (Lipinski definition) is 5. The lowest BCUT2D eigenvalue weighted by Crippen LogP contribution is -2.28. The van der Waals surface area contributed by atoms with E-state index in [9.17, 15) is 13.9 Å². The van der Waals surface area contributed by atoms with Crippen LogP contribution in [0.1, 0.15) is 30.9 Å². The van der Waals surface area contributed by atoms with Crippen LogP contribution in [0.2, 0.25) is 0 Å². The number of nitrogens with one attached hydrogen (secondary N) is 1.